The SMILES string of the molecule is O=C(N/N=C\c1cccs1)C(=O)NC1CCCC1. The number of hydrazone groups is 1. The van der Waals surface area contributed by atoms with Crippen LogP contribution in [0.1, 0.15) is 30.6 Å². The fourth-order valence-electron chi connectivity index (χ4n) is 1.89. The van der Waals surface area contributed by atoms with Gasteiger partial charge in [-0.15, -0.1) is 11.3 Å². The summed E-state index contributed by atoms with van der Waals surface area (Å²) in [6, 6.07) is 3.91. The predicted molar refractivity (Wildman–Crippen MR) is 70.5 cm³/mol. The first kappa shape index (κ1) is 12.8. The van der Waals surface area contributed by atoms with Crippen molar-refractivity contribution >= 4 is 29.4 Å². The molecule has 2 amide bonds. The van der Waals surface area contributed by atoms with Gasteiger partial charge in [0.1, 0.15) is 0 Å². The quantitative estimate of drug-likeness (QED) is 0.490. The third-order valence-corrected chi connectivity index (χ3v) is 3.60. The Hall–Kier alpha value is -1.69. The summed E-state index contributed by atoms with van der Waals surface area (Å²) in [5, 5.41) is 8.35. The lowest BCUT2D eigenvalue weighted by molar-refractivity contribution is -0.139. The maximum absolute atomic E-state index is 11.5. The number of hydrogen-bond acceptors (Lipinski definition) is 4. The molecule has 1 aliphatic carbocycles. The number of rotatable bonds is 3. The zero-order chi connectivity index (χ0) is 12.8. The second-order valence-corrected chi connectivity index (χ2v) is 5.15. The molecule has 1 aliphatic rings. The molecule has 1 aromatic rings. The first-order valence-electron chi connectivity index (χ1n) is 5.93. The highest BCUT2D eigenvalue weighted by molar-refractivity contribution is 7.11. The summed E-state index contributed by atoms with van der Waals surface area (Å²) in [4.78, 5) is 23.8. The molecule has 1 fully saturated rings. The molecule has 5 nitrogen and oxygen atoms in total. The van der Waals surface area contributed by atoms with Gasteiger partial charge in [0.25, 0.3) is 0 Å². The van der Waals surface area contributed by atoms with Gasteiger partial charge in [0.05, 0.1) is 6.21 Å². The van der Waals surface area contributed by atoms with Crippen LogP contribution in [0.3, 0.4) is 0 Å². The number of carbonyl (C=O) groups is 2. The Balaban J connectivity index is 1.75. The summed E-state index contributed by atoms with van der Waals surface area (Å²) in [6.07, 6.45) is 5.66. The first-order valence-corrected chi connectivity index (χ1v) is 6.81. The van der Waals surface area contributed by atoms with Crippen molar-refractivity contribution in [2.24, 2.45) is 5.10 Å². The number of hydrogen-bond donors (Lipinski definition) is 2. The van der Waals surface area contributed by atoms with Crippen molar-refractivity contribution in [2.45, 2.75) is 31.7 Å². The summed E-state index contributed by atoms with van der Waals surface area (Å²) < 4.78 is 0. The van der Waals surface area contributed by atoms with Gasteiger partial charge >= 0.3 is 11.8 Å². The summed E-state index contributed by atoms with van der Waals surface area (Å²) in [6.45, 7) is 0. The molecule has 0 unspecified atom stereocenters. The van der Waals surface area contributed by atoms with Gasteiger partial charge < -0.3 is 5.32 Å². The largest absolute Gasteiger partial charge is 0.345 e. The van der Waals surface area contributed by atoms with Crippen molar-refractivity contribution < 1.29 is 9.59 Å². The molecule has 0 aromatic carbocycles. The van der Waals surface area contributed by atoms with E-state index in [1.54, 1.807) is 0 Å². The number of amides is 2. The van der Waals surface area contributed by atoms with E-state index in [-0.39, 0.29) is 6.04 Å². The Morgan fingerprint density at radius 3 is 2.78 bits per heavy atom. The van der Waals surface area contributed by atoms with Gasteiger partial charge in [-0.2, -0.15) is 5.10 Å². The Morgan fingerprint density at radius 2 is 2.11 bits per heavy atom. The van der Waals surface area contributed by atoms with Crippen LogP contribution in [0.5, 0.6) is 0 Å². The lowest BCUT2D eigenvalue weighted by Gasteiger charge is -2.09. The lowest BCUT2D eigenvalue weighted by atomic mass is 10.2. The third kappa shape index (κ3) is 3.66. The van der Waals surface area contributed by atoms with E-state index in [1.807, 2.05) is 17.5 Å². The highest BCUT2D eigenvalue weighted by Crippen LogP contribution is 2.17. The summed E-state index contributed by atoms with van der Waals surface area (Å²) in [7, 11) is 0. The average molecular weight is 265 g/mol. The molecule has 1 heterocycles. The molecule has 18 heavy (non-hydrogen) atoms. The van der Waals surface area contributed by atoms with E-state index < -0.39 is 11.8 Å². The van der Waals surface area contributed by atoms with Crippen LogP contribution < -0.4 is 10.7 Å². The van der Waals surface area contributed by atoms with E-state index in [4.69, 9.17) is 0 Å². The normalized spacial score (nSPS) is 16.0. The minimum absolute atomic E-state index is 0.143. The van der Waals surface area contributed by atoms with Crippen LogP contribution in [0.2, 0.25) is 0 Å². The molecule has 0 aliphatic heterocycles. The minimum Gasteiger partial charge on any atom is -0.345 e. The maximum atomic E-state index is 11.5. The average Bonchev–Trinajstić information content (AvgIpc) is 3.01. The zero-order valence-corrected chi connectivity index (χ0v) is 10.7. The molecule has 1 saturated carbocycles. The van der Waals surface area contributed by atoms with E-state index in [9.17, 15) is 9.59 Å². The second kappa shape index (κ2) is 6.30. The lowest BCUT2D eigenvalue weighted by Crippen LogP contribution is -2.42. The van der Waals surface area contributed by atoms with E-state index in [1.165, 1.54) is 17.6 Å². The molecule has 0 saturated heterocycles. The number of thiophene rings is 1. The number of carbonyl (C=O) groups excluding carboxylic acids is 2. The standard InChI is InChI=1S/C12H15N3O2S/c16-11(14-9-4-1-2-5-9)12(17)15-13-8-10-6-3-7-18-10/h3,6-9H,1-2,4-5H2,(H,14,16)(H,15,17)/b13-8-. The molecule has 0 radical (unpaired) electrons. The molecular weight excluding hydrogens is 250 g/mol. The van der Waals surface area contributed by atoms with E-state index >= 15 is 0 Å². The van der Waals surface area contributed by atoms with Crippen LogP contribution in [0, 0.1) is 0 Å². The first-order chi connectivity index (χ1) is 8.75. The molecule has 6 heteroatoms. The number of nitrogens with zero attached hydrogens (tertiary/aromatic N) is 1. The molecule has 0 spiro atoms. The maximum Gasteiger partial charge on any atom is 0.329 e. The van der Waals surface area contributed by atoms with Gasteiger partial charge in [-0.1, -0.05) is 18.9 Å². The van der Waals surface area contributed by atoms with E-state index in [2.05, 4.69) is 15.8 Å². The van der Waals surface area contributed by atoms with Crippen molar-refractivity contribution in [3.8, 4) is 0 Å². The number of nitrogens with one attached hydrogen (secondary N) is 2. The van der Waals surface area contributed by atoms with Crippen LogP contribution in [0.25, 0.3) is 0 Å². The Kier molecular flexibility index (Phi) is 4.46. The van der Waals surface area contributed by atoms with Gasteiger partial charge in [0.2, 0.25) is 0 Å². The van der Waals surface area contributed by atoms with Crippen LogP contribution >= 0.6 is 11.3 Å². The van der Waals surface area contributed by atoms with Crippen molar-refractivity contribution in [3.05, 3.63) is 22.4 Å². The van der Waals surface area contributed by atoms with Crippen LogP contribution in [-0.4, -0.2) is 24.1 Å². The summed E-state index contributed by atoms with van der Waals surface area (Å²) >= 11 is 1.51. The van der Waals surface area contributed by atoms with Crippen LogP contribution in [0.4, 0.5) is 0 Å². The van der Waals surface area contributed by atoms with E-state index in [0.717, 1.165) is 30.6 Å². The van der Waals surface area contributed by atoms with Gasteiger partial charge in [-0.25, -0.2) is 5.43 Å². The molecule has 2 N–H and O–H groups in total. The van der Waals surface area contributed by atoms with Crippen molar-refractivity contribution in [1.29, 1.82) is 0 Å². The van der Waals surface area contributed by atoms with Crippen molar-refractivity contribution in [2.75, 3.05) is 0 Å². The highest BCUT2D eigenvalue weighted by Gasteiger charge is 2.20. The molecule has 0 atom stereocenters. The van der Waals surface area contributed by atoms with Gasteiger partial charge in [-0.05, 0) is 24.3 Å². The topological polar surface area (TPSA) is 70.6 Å². The molecule has 96 valence electrons. The molecule has 0 bridgehead atoms. The van der Waals surface area contributed by atoms with E-state index in [0.29, 0.717) is 0 Å². The minimum atomic E-state index is -0.713. The van der Waals surface area contributed by atoms with Gasteiger partial charge in [0.15, 0.2) is 0 Å². The molecular formula is C12H15N3O2S. The Labute approximate surface area is 109 Å². The van der Waals surface area contributed by atoms with Crippen LogP contribution in [0.15, 0.2) is 22.6 Å². The third-order valence-electron chi connectivity index (χ3n) is 2.80. The Morgan fingerprint density at radius 1 is 1.33 bits per heavy atom. The van der Waals surface area contributed by atoms with Crippen LogP contribution in [-0.2, 0) is 9.59 Å². The van der Waals surface area contributed by atoms with Crippen molar-refractivity contribution in [1.82, 2.24) is 10.7 Å². The summed E-state index contributed by atoms with van der Waals surface area (Å²) in [5.74, 6) is -1.32. The fraction of sp³-hybridized carbons (Fsp3) is 0.417. The second-order valence-electron chi connectivity index (χ2n) is 4.17. The monoisotopic (exact) mass is 265 g/mol. The Bertz CT molecular complexity index is 436. The molecule has 2 rings (SSSR count). The zero-order valence-electron chi connectivity index (χ0n) is 9.89. The van der Waals surface area contributed by atoms with Crippen molar-refractivity contribution in [3.63, 3.8) is 0 Å². The molecule has 1 aromatic heterocycles. The smallest absolute Gasteiger partial charge is 0.329 e. The van der Waals surface area contributed by atoms with Gasteiger partial charge in [0, 0.05) is 10.9 Å². The highest BCUT2D eigenvalue weighted by atomic mass is 32.1. The predicted octanol–water partition coefficient (Wildman–Crippen LogP) is 1.26. The summed E-state index contributed by atoms with van der Waals surface area (Å²) in [5.41, 5.74) is 2.22. The fourth-order valence-corrected chi connectivity index (χ4v) is 2.48. The van der Waals surface area contributed by atoms with Gasteiger partial charge in [-0.3, -0.25) is 9.59 Å².